The fourth-order valence-electron chi connectivity index (χ4n) is 1.23. The van der Waals surface area contributed by atoms with E-state index in [1.54, 1.807) is 6.92 Å². The average molecular weight is 237 g/mol. The van der Waals surface area contributed by atoms with Crippen LogP contribution in [-0.4, -0.2) is 45.7 Å². The van der Waals surface area contributed by atoms with Crippen molar-refractivity contribution in [3.05, 3.63) is 0 Å². The first-order valence-electron chi connectivity index (χ1n) is 5.43. The quantitative estimate of drug-likeness (QED) is 0.679. The Bertz CT molecular complexity index is 243. The van der Waals surface area contributed by atoms with Crippen LogP contribution in [0.1, 0.15) is 27.2 Å². The van der Waals surface area contributed by atoms with Crippen LogP contribution in [0.2, 0.25) is 0 Å². The van der Waals surface area contributed by atoms with E-state index in [9.17, 15) is 8.42 Å². The third-order valence-corrected chi connectivity index (χ3v) is 4.08. The van der Waals surface area contributed by atoms with Gasteiger partial charge in [0.15, 0.2) is 9.84 Å². The lowest BCUT2D eigenvalue weighted by Gasteiger charge is -2.23. The van der Waals surface area contributed by atoms with Crippen molar-refractivity contribution in [1.29, 1.82) is 0 Å². The molecule has 92 valence electrons. The van der Waals surface area contributed by atoms with Crippen molar-refractivity contribution < 1.29 is 13.2 Å². The third kappa shape index (κ3) is 6.12. The molecule has 0 fully saturated rings. The molecule has 0 aliphatic carbocycles. The number of hydrogen-bond donors (Lipinski definition) is 1. The van der Waals surface area contributed by atoms with Crippen molar-refractivity contribution in [3.63, 3.8) is 0 Å². The molecule has 15 heavy (non-hydrogen) atoms. The van der Waals surface area contributed by atoms with Gasteiger partial charge < -0.3 is 10.1 Å². The maximum Gasteiger partial charge on any atom is 0.151 e. The summed E-state index contributed by atoms with van der Waals surface area (Å²) >= 11 is 0. The van der Waals surface area contributed by atoms with E-state index in [2.05, 4.69) is 12.2 Å². The molecule has 4 nitrogen and oxygen atoms in total. The molecule has 5 heteroatoms. The monoisotopic (exact) mass is 237 g/mol. The predicted molar refractivity (Wildman–Crippen MR) is 62.9 cm³/mol. The van der Waals surface area contributed by atoms with Crippen LogP contribution in [-0.2, 0) is 14.6 Å². The van der Waals surface area contributed by atoms with Crippen molar-refractivity contribution in [2.75, 3.05) is 26.0 Å². The molecular weight excluding hydrogens is 214 g/mol. The maximum absolute atomic E-state index is 11.4. The number of rotatable bonds is 8. The molecule has 0 bridgehead atoms. The molecule has 0 rings (SSSR count). The number of hydrogen-bond acceptors (Lipinski definition) is 4. The summed E-state index contributed by atoms with van der Waals surface area (Å²) in [5.74, 6) is 0. The molecule has 0 aliphatic heterocycles. The van der Waals surface area contributed by atoms with Crippen LogP contribution >= 0.6 is 0 Å². The maximum atomic E-state index is 11.4. The van der Waals surface area contributed by atoms with Gasteiger partial charge in [-0.05, 0) is 26.8 Å². The summed E-state index contributed by atoms with van der Waals surface area (Å²) in [6.07, 6.45) is 2.25. The van der Waals surface area contributed by atoms with Gasteiger partial charge in [-0.25, -0.2) is 8.42 Å². The predicted octanol–water partition coefficient (Wildman–Crippen LogP) is 0.824. The molecule has 2 atom stereocenters. The zero-order valence-corrected chi connectivity index (χ0v) is 10.9. The molecule has 0 aliphatic rings. The fourth-order valence-corrected chi connectivity index (χ4v) is 2.00. The molecule has 0 spiro atoms. The molecular formula is C10H23NO3S. The zero-order valence-electron chi connectivity index (χ0n) is 10.1. The van der Waals surface area contributed by atoms with E-state index in [0.717, 1.165) is 13.0 Å². The second-order valence-corrected chi connectivity index (χ2v) is 6.16. The third-order valence-electron chi connectivity index (χ3n) is 2.40. The first-order valence-corrected chi connectivity index (χ1v) is 7.38. The minimum Gasteiger partial charge on any atom is -0.380 e. The minimum absolute atomic E-state index is 0.111. The second kappa shape index (κ2) is 7.19. The Morgan fingerprint density at radius 1 is 1.33 bits per heavy atom. The van der Waals surface area contributed by atoms with E-state index in [4.69, 9.17) is 4.74 Å². The van der Waals surface area contributed by atoms with Gasteiger partial charge in [-0.1, -0.05) is 6.92 Å². The van der Waals surface area contributed by atoms with E-state index in [-0.39, 0.29) is 6.04 Å². The summed E-state index contributed by atoms with van der Waals surface area (Å²) in [6, 6.07) is -0.111. The Morgan fingerprint density at radius 2 is 1.93 bits per heavy atom. The average Bonchev–Trinajstić information content (AvgIpc) is 2.16. The highest BCUT2D eigenvalue weighted by atomic mass is 32.2. The van der Waals surface area contributed by atoms with Gasteiger partial charge >= 0.3 is 0 Å². The number of ether oxygens (including phenoxy) is 1. The van der Waals surface area contributed by atoms with E-state index >= 15 is 0 Å². The lowest BCUT2D eigenvalue weighted by molar-refractivity contribution is 0.122. The smallest absolute Gasteiger partial charge is 0.151 e. The van der Waals surface area contributed by atoms with Crippen LogP contribution in [0.25, 0.3) is 0 Å². The molecule has 0 aromatic rings. The van der Waals surface area contributed by atoms with Gasteiger partial charge in [0.25, 0.3) is 0 Å². The molecule has 0 aromatic heterocycles. The van der Waals surface area contributed by atoms with E-state index in [1.165, 1.54) is 6.26 Å². The molecule has 0 saturated heterocycles. The van der Waals surface area contributed by atoms with E-state index in [1.807, 2.05) is 6.92 Å². The van der Waals surface area contributed by atoms with E-state index in [0.29, 0.717) is 13.2 Å². The summed E-state index contributed by atoms with van der Waals surface area (Å²) in [4.78, 5) is 0. The zero-order chi connectivity index (χ0) is 11.9. The molecule has 0 heterocycles. The van der Waals surface area contributed by atoms with Crippen LogP contribution in [0.4, 0.5) is 0 Å². The summed E-state index contributed by atoms with van der Waals surface area (Å²) in [7, 11) is -3.01. The molecule has 1 N–H and O–H groups in total. The number of sulfone groups is 1. The molecule has 0 saturated carbocycles. The molecule has 0 radical (unpaired) electrons. The lowest BCUT2D eigenvalue weighted by Crippen LogP contribution is -2.45. The molecule has 0 aromatic carbocycles. The first-order chi connectivity index (χ1) is 6.93. The van der Waals surface area contributed by atoms with Crippen LogP contribution < -0.4 is 5.32 Å². The van der Waals surface area contributed by atoms with Crippen molar-refractivity contribution in [2.24, 2.45) is 0 Å². The first kappa shape index (κ1) is 14.9. The van der Waals surface area contributed by atoms with Gasteiger partial charge in [0.05, 0.1) is 11.9 Å². The summed E-state index contributed by atoms with van der Waals surface area (Å²) in [6.45, 7) is 7.56. The normalized spacial score (nSPS) is 16.3. The Balaban J connectivity index is 4.33. The Kier molecular flexibility index (Phi) is 7.13. The van der Waals surface area contributed by atoms with Gasteiger partial charge in [0, 0.05) is 18.9 Å². The Labute approximate surface area is 93.3 Å². The van der Waals surface area contributed by atoms with Crippen LogP contribution in [0.5, 0.6) is 0 Å². The highest BCUT2D eigenvalue weighted by Gasteiger charge is 2.25. The summed E-state index contributed by atoms with van der Waals surface area (Å²) < 4.78 is 28.1. The highest BCUT2D eigenvalue weighted by Crippen LogP contribution is 2.05. The summed E-state index contributed by atoms with van der Waals surface area (Å²) in [5.41, 5.74) is 0. The van der Waals surface area contributed by atoms with Crippen molar-refractivity contribution in [2.45, 2.75) is 38.5 Å². The van der Waals surface area contributed by atoms with Gasteiger partial charge in [-0.3, -0.25) is 0 Å². The number of nitrogens with one attached hydrogen (secondary N) is 1. The van der Waals surface area contributed by atoms with E-state index < -0.39 is 15.1 Å². The fraction of sp³-hybridized carbons (Fsp3) is 1.00. The second-order valence-electron chi connectivity index (χ2n) is 3.75. The van der Waals surface area contributed by atoms with Crippen molar-refractivity contribution >= 4 is 9.84 Å². The Hall–Kier alpha value is -0.130. The van der Waals surface area contributed by atoms with Crippen LogP contribution in [0, 0.1) is 0 Å². The van der Waals surface area contributed by atoms with Gasteiger partial charge in [-0.15, -0.1) is 0 Å². The topological polar surface area (TPSA) is 55.4 Å². The van der Waals surface area contributed by atoms with Gasteiger partial charge in [0.2, 0.25) is 0 Å². The van der Waals surface area contributed by atoms with Crippen LogP contribution in [0.15, 0.2) is 0 Å². The molecule has 2 unspecified atom stereocenters. The molecule has 0 amide bonds. The van der Waals surface area contributed by atoms with Gasteiger partial charge in [-0.2, -0.15) is 0 Å². The Morgan fingerprint density at radius 3 is 2.33 bits per heavy atom. The largest absolute Gasteiger partial charge is 0.380 e. The lowest BCUT2D eigenvalue weighted by atomic mass is 10.2. The summed E-state index contributed by atoms with van der Waals surface area (Å²) in [5, 5.41) is 2.80. The van der Waals surface area contributed by atoms with Crippen LogP contribution in [0.3, 0.4) is 0 Å². The minimum atomic E-state index is -3.01. The van der Waals surface area contributed by atoms with Gasteiger partial charge in [0.1, 0.15) is 0 Å². The highest BCUT2D eigenvalue weighted by molar-refractivity contribution is 7.91. The standard InChI is InChI=1S/C10H23NO3S/c1-5-7-11-10(8-14-6-2)9(3)15(4,12)13/h9-11H,5-8H2,1-4H3. The SMILES string of the molecule is CCCNC(COCC)C(C)S(C)(=O)=O. The van der Waals surface area contributed by atoms with Crippen molar-refractivity contribution in [1.82, 2.24) is 5.32 Å². The van der Waals surface area contributed by atoms with Crippen molar-refractivity contribution in [3.8, 4) is 0 Å².